The Morgan fingerprint density at radius 3 is 2.19 bits per heavy atom. The van der Waals surface area contributed by atoms with Gasteiger partial charge in [0.1, 0.15) is 0 Å². The second kappa shape index (κ2) is 12.8. The van der Waals surface area contributed by atoms with E-state index >= 15 is 9.59 Å². The molecule has 3 aromatic rings. The molecular formula is C51H59NO6S. The molecule has 59 heavy (non-hydrogen) atoms. The van der Waals surface area contributed by atoms with Gasteiger partial charge in [-0.1, -0.05) is 107 Å². The number of amides is 1. The van der Waals surface area contributed by atoms with Gasteiger partial charge in [-0.05, 0) is 111 Å². The summed E-state index contributed by atoms with van der Waals surface area (Å²) < 4.78 is 6.19. The molecule has 10 atom stereocenters. The van der Waals surface area contributed by atoms with Crippen molar-refractivity contribution in [3.63, 3.8) is 0 Å². The zero-order valence-corrected chi connectivity index (χ0v) is 36.1. The Morgan fingerprint density at radius 2 is 1.51 bits per heavy atom. The van der Waals surface area contributed by atoms with Crippen LogP contribution in [0.25, 0.3) is 11.1 Å². The number of esters is 1. The maximum atomic E-state index is 15.3. The molecule has 4 saturated carbocycles. The van der Waals surface area contributed by atoms with Crippen LogP contribution in [0.3, 0.4) is 0 Å². The van der Waals surface area contributed by atoms with E-state index in [-0.39, 0.29) is 41.5 Å². The summed E-state index contributed by atoms with van der Waals surface area (Å²) in [6.07, 6.45) is 13.3. The summed E-state index contributed by atoms with van der Waals surface area (Å²) in [4.78, 5) is 46.9. The summed E-state index contributed by atoms with van der Waals surface area (Å²) in [5, 5.41) is 26.7. The number of fused-ring (bicyclic) bond motifs is 3. The summed E-state index contributed by atoms with van der Waals surface area (Å²) in [5.41, 5.74) is -2.18. The fourth-order valence-electron chi connectivity index (χ4n) is 14.4. The number of allylic oxidation sites excluding steroid dienone is 4. The molecule has 2 N–H and O–H groups in total. The second-order valence-electron chi connectivity index (χ2n) is 20.8. The molecule has 1 aliphatic heterocycles. The van der Waals surface area contributed by atoms with Crippen molar-refractivity contribution in [3.05, 3.63) is 106 Å². The molecule has 310 valence electrons. The van der Waals surface area contributed by atoms with E-state index in [4.69, 9.17) is 4.74 Å². The van der Waals surface area contributed by atoms with E-state index in [0.717, 1.165) is 47.3 Å². The van der Waals surface area contributed by atoms with Gasteiger partial charge in [0.05, 0.1) is 23.7 Å². The molecule has 0 radical (unpaired) electrons. The quantitative estimate of drug-likeness (QED) is 0.127. The SMILES string of the molecule is CC12CCC(C(=O)N(CCc3cccs3)CC3(O)CCC4C56C=CC7(C=C5C(=O)c5ccc(-c8ccccc8)cc5)CC(O)CCC7(C)C6CCC43C)(OC1=O)C2(C)C. The number of carbonyl (C=O) groups excluding carboxylic acids is 3. The van der Waals surface area contributed by atoms with Gasteiger partial charge in [0, 0.05) is 44.2 Å². The van der Waals surface area contributed by atoms with Crippen LogP contribution >= 0.6 is 11.3 Å². The highest BCUT2D eigenvalue weighted by molar-refractivity contribution is 7.09. The van der Waals surface area contributed by atoms with Gasteiger partial charge in [0.15, 0.2) is 11.4 Å². The molecule has 1 amide bonds. The van der Waals surface area contributed by atoms with E-state index in [2.05, 4.69) is 50.3 Å². The molecule has 11 rings (SSSR count). The van der Waals surface area contributed by atoms with Gasteiger partial charge in [-0.15, -0.1) is 11.3 Å². The third-order valence-corrected chi connectivity index (χ3v) is 19.5. The standard InChI is InChI=1S/C51H59NO6S/c1-44(2)47(5)24-27-51(44,58-43(47)56)42(55)52(28-20-37-12-9-29-59-37)32-49(57)23-19-40-46(49,4)22-18-39-45(3)21-17-36(53)30-48(45)25-26-50(39,40)38(31-48)41(54)35-15-13-34(14-16-35)33-10-7-6-8-11-33/h6-16,25-26,29,31,36,39-40,53,57H,17-24,27-28,30,32H2,1-5H3. The molecule has 2 aromatic carbocycles. The van der Waals surface area contributed by atoms with Crippen LogP contribution in [0.4, 0.5) is 0 Å². The first-order chi connectivity index (χ1) is 28.0. The highest BCUT2D eigenvalue weighted by Gasteiger charge is 2.78. The lowest BCUT2D eigenvalue weighted by atomic mass is 9.32. The monoisotopic (exact) mass is 813 g/mol. The van der Waals surface area contributed by atoms with E-state index in [0.29, 0.717) is 50.6 Å². The Kier molecular flexibility index (Phi) is 8.55. The third kappa shape index (κ3) is 4.97. The molecule has 5 fully saturated rings. The van der Waals surface area contributed by atoms with Crippen LogP contribution in [-0.4, -0.2) is 63.2 Å². The minimum atomic E-state index is -1.28. The van der Waals surface area contributed by atoms with Crippen LogP contribution < -0.4 is 0 Å². The lowest BCUT2D eigenvalue weighted by Gasteiger charge is -2.71. The smallest absolute Gasteiger partial charge is 0.313 e. The fraction of sp³-hybridized carbons (Fsp3) is 0.549. The Hall–Kier alpha value is -3.85. The molecular weight excluding hydrogens is 755 g/mol. The second-order valence-corrected chi connectivity index (χ2v) is 21.8. The van der Waals surface area contributed by atoms with E-state index in [1.807, 2.05) is 79.6 Å². The summed E-state index contributed by atoms with van der Waals surface area (Å²) in [7, 11) is 0. The number of ether oxygens (including phenoxy) is 1. The van der Waals surface area contributed by atoms with Crippen LogP contribution in [0.5, 0.6) is 0 Å². The van der Waals surface area contributed by atoms with Crippen molar-refractivity contribution in [3.8, 4) is 11.1 Å². The summed E-state index contributed by atoms with van der Waals surface area (Å²) >= 11 is 1.66. The minimum Gasteiger partial charge on any atom is -0.448 e. The number of thiophene rings is 1. The maximum absolute atomic E-state index is 15.3. The molecule has 2 spiro atoms. The summed E-state index contributed by atoms with van der Waals surface area (Å²) in [6.45, 7) is 11.1. The molecule has 8 aliphatic rings. The zero-order valence-electron chi connectivity index (χ0n) is 35.3. The highest BCUT2D eigenvalue weighted by Crippen LogP contribution is 2.78. The number of ketones is 1. The van der Waals surface area contributed by atoms with Crippen LogP contribution in [0.2, 0.25) is 0 Å². The van der Waals surface area contributed by atoms with Gasteiger partial charge >= 0.3 is 5.97 Å². The molecule has 10 unspecified atom stereocenters. The highest BCUT2D eigenvalue weighted by atomic mass is 32.1. The number of nitrogens with zero attached hydrogens (tertiary/aromatic N) is 1. The minimum absolute atomic E-state index is 0.0292. The average molecular weight is 814 g/mol. The predicted molar refractivity (Wildman–Crippen MR) is 229 cm³/mol. The van der Waals surface area contributed by atoms with E-state index in [9.17, 15) is 15.0 Å². The number of aliphatic hydroxyl groups excluding tert-OH is 1. The first-order valence-corrected chi connectivity index (χ1v) is 23.0. The van der Waals surface area contributed by atoms with Crippen molar-refractivity contribution in [2.45, 2.75) is 116 Å². The summed E-state index contributed by atoms with van der Waals surface area (Å²) in [5.74, 6) is -0.362. The van der Waals surface area contributed by atoms with E-state index in [1.165, 1.54) is 0 Å². The van der Waals surface area contributed by atoms with Gasteiger partial charge < -0.3 is 19.8 Å². The van der Waals surface area contributed by atoms with Gasteiger partial charge in [0.25, 0.3) is 5.91 Å². The topological polar surface area (TPSA) is 104 Å². The van der Waals surface area contributed by atoms with Crippen molar-refractivity contribution in [2.75, 3.05) is 13.1 Å². The Bertz CT molecular complexity index is 2280. The number of rotatable bonds is 9. The first kappa shape index (κ1) is 39.3. The number of carbonyl (C=O) groups is 3. The molecule has 1 saturated heterocycles. The Balaban J connectivity index is 1.04. The van der Waals surface area contributed by atoms with Gasteiger partial charge in [-0.3, -0.25) is 14.4 Å². The van der Waals surface area contributed by atoms with Gasteiger partial charge in [0.2, 0.25) is 0 Å². The van der Waals surface area contributed by atoms with Gasteiger partial charge in [-0.2, -0.15) is 0 Å². The first-order valence-electron chi connectivity index (χ1n) is 22.1. The Labute approximate surface area is 352 Å². The van der Waals surface area contributed by atoms with Crippen molar-refractivity contribution < 1.29 is 29.3 Å². The number of hydrogen-bond acceptors (Lipinski definition) is 7. The van der Waals surface area contributed by atoms with E-state index < -0.39 is 44.4 Å². The van der Waals surface area contributed by atoms with Gasteiger partial charge in [-0.25, -0.2) is 0 Å². The molecule has 2 heterocycles. The number of Topliss-reactive ketones (excluding diaryl/α,β-unsaturated/α-hetero) is 1. The van der Waals surface area contributed by atoms with Crippen LogP contribution in [0.1, 0.15) is 108 Å². The molecule has 8 heteroatoms. The number of hydrogen-bond donors (Lipinski definition) is 2. The average Bonchev–Trinajstić information content (AvgIpc) is 3.93. The Morgan fingerprint density at radius 1 is 0.814 bits per heavy atom. The van der Waals surface area contributed by atoms with Crippen molar-refractivity contribution >= 4 is 29.0 Å². The molecule has 1 aromatic heterocycles. The fourth-order valence-corrected chi connectivity index (χ4v) is 15.1. The normalized spacial score (nSPS) is 40.8. The lowest BCUT2D eigenvalue weighted by molar-refractivity contribution is -0.187. The van der Waals surface area contributed by atoms with Crippen LogP contribution in [0.15, 0.2) is 95.9 Å². The lowest BCUT2D eigenvalue weighted by Crippen LogP contribution is -2.68. The van der Waals surface area contributed by atoms with Crippen LogP contribution in [-0.2, 0) is 20.7 Å². The van der Waals surface area contributed by atoms with Crippen LogP contribution in [0, 0.1) is 44.3 Å². The third-order valence-electron chi connectivity index (χ3n) is 18.6. The molecule has 7 aliphatic carbocycles. The largest absolute Gasteiger partial charge is 0.448 e. The predicted octanol–water partition coefficient (Wildman–Crippen LogP) is 9.38. The maximum Gasteiger partial charge on any atom is 0.313 e. The van der Waals surface area contributed by atoms with Crippen molar-refractivity contribution in [1.82, 2.24) is 4.90 Å². The molecule has 7 nitrogen and oxygen atoms in total. The number of aliphatic hydroxyl groups is 2. The van der Waals surface area contributed by atoms with Crippen molar-refractivity contribution in [1.29, 1.82) is 0 Å². The van der Waals surface area contributed by atoms with Crippen molar-refractivity contribution in [2.24, 2.45) is 44.3 Å². The zero-order chi connectivity index (χ0) is 41.4. The molecule has 4 bridgehead atoms. The summed E-state index contributed by atoms with van der Waals surface area (Å²) in [6, 6.07) is 22.3. The van der Waals surface area contributed by atoms with E-state index in [1.54, 1.807) is 11.3 Å². The number of benzene rings is 2.